The van der Waals surface area contributed by atoms with E-state index in [0.29, 0.717) is 11.6 Å². The van der Waals surface area contributed by atoms with Gasteiger partial charge in [0.2, 0.25) is 6.39 Å². The van der Waals surface area contributed by atoms with Crippen molar-refractivity contribution >= 4 is 39.0 Å². The minimum absolute atomic E-state index is 0.691. The molecule has 0 unspecified atom stereocenters. The summed E-state index contributed by atoms with van der Waals surface area (Å²) < 4.78 is 6.47. The molecule has 0 atom stereocenters. The summed E-state index contributed by atoms with van der Waals surface area (Å²) in [6.45, 7) is 0. The van der Waals surface area contributed by atoms with Gasteiger partial charge >= 0.3 is 0 Å². The second-order valence-electron chi connectivity index (χ2n) is 2.07. The second-order valence-corrected chi connectivity index (χ2v) is 4.97. The summed E-state index contributed by atoms with van der Waals surface area (Å²) in [6.07, 6.45) is 1.33. The van der Waals surface area contributed by atoms with Crippen molar-refractivity contribution in [1.29, 1.82) is 0 Å². The van der Waals surface area contributed by atoms with E-state index in [1.807, 2.05) is 5.38 Å². The Labute approximate surface area is 90.9 Å². The fourth-order valence-electron chi connectivity index (χ4n) is 0.688. The molecule has 0 radical (unpaired) electrons. The van der Waals surface area contributed by atoms with E-state index in [-0.39, 0.29) is 0 Å². The standard InChI is InChI=1S/C6H4BrN3OS2/c7-4-1-12-6(9-4)13-2-5-8-3-11-10-5/h1,3H,2H2. The Morgan fingerprint density at radius 1 is 1.62 bits per heavy atom. The fourth-order valence-corrected chi connectivity index (χ4v) is 2.92. The predicted molar refractivity (Wildman–Crippen MR) is 53.7 cm³/mol. The molecule has 0 fully saturated rings. The molecule has 0 aliphatic rings. The number of thiazole rings is 1. The molecule has 0 aromatic carbocycles. The second kappa shape index (κ2) is 4.21. The van der Waals surface area contributed by atoms with E-state index in [2.05, 4.69) is 35.6 Å². The van der Waals surface area contributed by atoms with Crippen molar-refractivity contribution in [2.24, 2.45) is 0 Å². The van der Waals surface area contributed by atoms with Gasteiger partial charge in [0, 0.05) is 5.38 Å². The van der Waals surface area contributed by atoms with Crippen LogP contribution in [0.2, 0.25) is 0 Å². The molecule has 13 heavy (non-hydrogen) atoms. The molecule has 0 N–H and O–H groups in total. The summed E-state index contributed by atoms with van der Waals surface area (Å²) in [7, 11) is 0. The van der Waals surface area contributed by atoms with E-state index in [4.69, 9.17) is 0 Å². The van der Waals surface area contributed by atoms with E-state index in [1.165, 1.54) is 6.39 Å². The summed E-state index contributed by atoms with van der Waals surface area (Å²) in [4.78, 5) is 8.13. The molecule has 0 saturated heterocycles. The first-order valence-corrected chi connectivity index (χ1v) is 5.99. The smallest absolute Gasteiger partial charge is 0.213 e. The van der Waals surface area contributed by atoms with E-state index in [0.717, 1.165) is 8.94 Å². The lowest BCUT2D eigenvalue weighted by Gasteiger charge is -1.89. The average Bonchev–Trinajstić information content (AvgIpc) is 2.71. The maximum Gasteiger partial charge on any atom is 0.213 e. The molecule has 0 amide bonds. The van der Waals surface area contributed by atoms with Crippen LogP contribution in [0.1, 0.15) is 5.82 Å². The highest BCUT2D eigenvalue weighted by Crippen LogP contribution is 2.26. The molecular formula is C6H4BrN3OS2. The van der Waals surface area contributed by atoms with Gasteiger partial charge in [-0.1, -0.05) is 16.9 Å². The summed E-state index contributed by atoms with van der Waals surface area (Å²) in [5.41, 5.74) is 0. The Morgan fingerprint density at radius 2 is 2.54 bits per heavy atom. The first-order chi connectivity index (χ1) is 6.34. The molecule has 0 saturated carbocycles. The number of nitrogens with zero attached hydrogens (tertiary/aromatic N) is 3. The Morgan fingerprint density at radius 3 is 3.15 bits per heavy atom. The molecular weight excluding hydrogens is 274 g/mol. The Kier molecular flexibility index (Phi) is 2.97. The SMILES string of the molecule is Brc1csc(SCc2ncon2)n1. The number of hydrogen-bond donors (Lipinski definition) is 0. The highest BCUT2D eigenvalue weighted by atomic mass is 79.9. The lowest BCUT2D eigenvalue weighted by atomic mass is 10.7. The van der Waals surface area contributed by atoms with Crippen molar-refractivity contribution in [3.63, 3.8) is 0 Å². The van der Waals surface area contributed by atoms with Crippen LogP contribution in [0.4, 0.5) is 0 Å². The minimum Gasteiger partial charge on any atom is -0.343 e. The minimum atomic E-state index is 0.691. The lowest BCUT2D eigenvalue weighted by molar-refractivity contribution is 0.412. The zero-order chi connectivity index (χ0) is 9.10. The molecule has 2 heterocycles. The third-order valence-corrected chi connectivity index (χ3v) is 3.91. The van der Waals surface area contributed by atoms with Gasteiger partial charge in [-0.25, -0.2) is 4.98 Å². The first-order valence-electron chi connectivity index (χ1n) is 3.33. The molecule has 7 heteroatoms. The summed E-state index contributed by atoms with van der Waals surface area (Å²) >= 11 is 6.47. The van der Waals surface area contributed by atoms with Crippen molar-refractivity contribution in [3.05, 3.63) is 22.2 Å². The van der Waals surface area contributed by atoms with Crippen LogP contribution in [0, 0.1) is 0 Å². The van der Waals surface area contributed by atoms with Crippen molar-refractivity contribution < 1.29 is 4.52 Å². The topological polar surface area (TPSA) is 51.8 Å². The first kappa shape index (κ1) is 9.17. The maximum atomic E-state index is 4.61. The van der Waals surface area contributed by atoms with Gasteiger partial charge in [0.1, 0.15) is 4.60 Å². The van der Waals surface area contributed by atoms with Crippen LogP contribution in [0.25, 0.3) is 0 Å². The van der Waals surface area contributed by atoms with E-state index in [9.17, 15) is 0 Å². The number of aromatic nitrogens is 3. The van der Waals surface area contributed by atoms with E-state index >= 15 is 0 Å². The van der Waals surface area contributed by atoms with Crippen LogP contribution in [0.15, 0.2) is 25.2 Å². The van der Waals surface area contributed by atoms with Crippen molar-refractivity contribution in [2.45, 2.75) is 10.1 Å². The quantitative estimate of drug-likeness (QED) is 0.808. The van der Waals surface area contributed by atoms with Gasteiger partial charge in [-0.3, -0.25) is 0 Å². The zero-order valence-electron chi connectivity index (χ0n) is 6.31. The van der Waals surface area contributed by atoms with Crippen LogP contribution in [0.5, 0.6) is 0 Å². The number of halogens is 1. The molecule has 68 valence electrons. The predicted octanol–water partition coefficient (Wildman–Crippen LogP) is 2.58. The normalized spacial score (nSPS) is 10.5. The van der Waals surface area contributed by atoms with Crippen LogP contribution in [0.3, 0.4) is 0 Å². The van der Waals surface area contributed by atoms with Crippen LogP contribution in [-0.2, 0) is 5.75 Å². The zero-order valence-corrected chi connectivity index (χ0v) is 9.53. The van der Waals surface area contributed by atoms with Crippen LogP contribution in [-0.4, -0.2) is 15.1 Å². The molecule has 2 aromatic heterocycles. The number of thioether (sulfide) groups is 1. The fraction of sp³-hybridized carbons (Fsp3) is 0.167. The summed E-state index contributed by atoms with van der Waals surface area (Å²) in [5, 5.41) is 5.64. The number of hydrogen-bond acceptors (Lipinski definition) is 6. The summed E-state index contributed by atoms with van der Waals surface area (Å²) in [5.74, 6) is 1.38. The molecule has 0 aliphatic carbocycles. The van der Waals surface area contributed by atoms with Gasteiger partial charge in [0.05, 0.1) is 5.75 Å². The van der Waals surface area contributed by atoms with Crippen LogP contribution >= 0.6 is 39.0 Å². The van der Waals surface area contributed by atoms with E-state index in [1.54, 1.807) is 23.1 Å². The third-order valence-electron chi connectivity index (χ3n) is 1.19. The highest BCUT2D eigenvalue weighted by molar-refractivity contribution is 9.10. The van der Waals surface area contributed by atoms with Gasteiger partial charge in [-0.15, -0.1) is 11.3 Å². The Hall–Kier alpha value is -0.400. The van der Waals surface area contributed by atoms with Crippen molar-refractivity contribution in [2.75, 3.05) is 0 Å². The maximum absolute atomic E-state index is 4.61. The molecule has 0 spiro atoms. The van der Waals surface area contributed by atoms with Gasteiger partial charge in [-0.05, 0) is 15.9 Å². The molecule has 0 bridgehead atoms. The molecule has 2 aromatic rings. The van der Waals surface area contributed by atoms with Gasteiger partial charge in [0.25, 0.3) is 0 Å². The Bertz CT molecular complexity index is 375. The lowest BCUT2D eigenvalue weighted by Crippen LogP contribution is -1.81. The van der Waals surface area contributed by atoms with Crippen LogP contribution < -0.4 is 0 Å². The monoisotopic (exact) mass is 277 g/mol. The molecule has 2 rings (SSSR count). The van der Waals surface area contributed by atoms with Gasteiger partial charge in [0.15, 0.2) is 10.2 Å². The Balaban J connectivity index is 1.93. The third kappa shape index (κ3) is 2.52. The van der Waals surface area contributed by atoms with E-state index < -0.39 is 0 Å². The average molecular weight is 278 g/mol. The van der Waals surface area contributed by atoms with Gasteiger partial charge in [-0.2, -0.15) is 4.98 Å². The molecule has 4 nitrogen and oxygen atoms in total. The van der Waals surface area contributed by atoms with Crippen molar-refractivity contribution in [3.8, 4) is 0 Å². The highest BCUT2D eigenvalue weighted by Gasteiger charge is 2.03. The molecule has 0 aliphatic heterocycles. The largest absolute Gasteiger partial charge is 0.343 e. The van der Waals surface area contributed by atoms with Crippen molar-refractivity contribution in [1.82, 2.24) is 15.1 Å². The summed E-state index contributed by atoms with van der Waals surface area (Å²) in [6, 6.07) is 0. The van der Waals surface area contributed by atoms with Gasteiger partial charge < -0.3 is 4.52 Å². The number of rotatable bonds is 3.